The zero-order valence-corrected chi connectivity index (χ0v) is 10.1. The molecule has 0 aromatic heterocycles. The van der Waals surface area contributed by atoms with Crippen LogP contribution in [0.25, 0.3) is 0 Å². The summed E-state index contributed by atoms with van der Waals surface area (Å²) in [5.74, 6) is 2.10. The first-order chi connectivity index (χ1) is 7.33. The fourth-order valence-corrected chi connectivity index (χ4v) is 2.09. The number of thioether (sulfide) groups is 1. The zero-order valence-electron chi connectivity index (χ0n) is 9.24. The van der Waals surface area contributed by atoms with E-state index in [1.165, 1.54) is 11.1 Å². The van der Waals surface area contributed by atoms with Crippen LogP contribution in [0.5, 0.6) is 0 Å². The smallest absolute Gasteiger partial charge is 0.0589 e. The van der Waals surface area contributed by atoms with E-state index in [9.17, 15) is 0 Å². The number of hydrogen-bond donors (Lipinski definition) is 1. The van der Waals surface area contributed by atoms with Crippen molar-refractivity contribution in [3.63, 3.8) is 0 Å². The number of nitrogens with two attached hydrogens (primary N) is 1. The number of hydrogen-bond acceptors (Lipinski definition) is 3. The van der Waals surface area contributed by atoms with Crippen LogP contribution in [0.1, 0.15) is 11.1 Å². The Bertz CT molecular complexity index is 278. The van der Waals surface area contributed by atoms with Crippen molar-refractivity contribution in [2.24, 2.45) is 5.73 Å². The molecule has 0 heterocycles. The maximum atomic E-state index is 5.32. The Morgan fingerprint density at radius 3 is 2.93 bits per heavy atom. The highest BCUT2D eigenvalue weighted by molar-refractivity contribution is 7.98. The van der Waals surface area contributed by atoms with Crippen molar-refractivity contribution in [2.45, 2.75) is 12.7 Å². The maximum Gasteiger partial charge on any atom is 0.0589 e. The molecule has 0 unspecified atom stereocenters. The molecule has 1 aromatic rings. The average molecular weight is 225 g/mol. The topological polar surface area (TPSA) is 35.2 Å². The van der Waals surface area contributed by atoms with E-state index in [0.29, 0.717) is 13.2 Å². The predicted octanol–water partition coefficient (Wildman–Crippen LogP) is 2.20. The number of benzene rings is 1. The Kier molecular flexibility index (Phi) is 6.48. The molecule has 0 fully saturated rings. The minimum absolute atomic E-state index is 0.614. The summed E-state index contributed by atoms with van der Waals surface area (Å²) in [7, 11) is 0. The standard InChI is InChI=1S/C12H19NOS/c1-11-3-2-4-12(9-11)10-15-8-7-14-6-5-13/h2-4,9H,5-8,10,13H2,1H3. The van der Waals surface area contributed by atoms with Crippen molar-refractivity contribution in [3.8, 4) is 0 Å². The monoisotopic (exact) mass is 225 g/mol. The fourth-order valence-electron chi connectivity index (χ4n) is 1.30. The van der Waals surface area contributed by atoms with E-state index in [1.807, 2.05) is 11.8 Å². The molecule has 0 bridgehead atoms. The van der Waals surface area contributed by atoms with Crippen LogP contribution in [0.4, 0.5) is 0 Å². The number of ether oxygens (including phenoxy) is 1. The molecule has 2 nitrogen and oxygen atoms in total. The molecule has 0 radical (unpaired) electrons. The quantitative estimate of drug-likeness (QED) is 0.723. The fraction of sp³-hybridized carbons (Fsp3) is 0.500. The largest absolute Gasteiger partial charge is 0.379 e. The Balaban J connectivity index is 2.10. The lowest BCUT2D eigenvalue weighted by molar-refractivity contribution is 0.158. The minimum Gasteiger partial charge on any atom is -0.379 e. The molecule has 3 heteroatoms. The van der Waals surface area contributed by atoms with Gasteiger partial charge in [0.25, 0.3) is 0 Å². The normalized spacial score (nSPS) is 10.5. The van der Waals surface area contributed by atoms with Crippen molar-refractivity contribution in [2.75, 3.05) is 25.5 Å². The Morgan fingerprint density at radius 1 is 1.33 bits per heavy atom. The van der Waals surface area contributed by atoms with Gasteiger partial charge < -0.3 is 10.5 Å². The Morgan fingerprint density at radius 2 is 2.20 bits per heavy atom. The molecule has 0 saturated carbocycles. The van der Waals surface area contributed by atoms with Crippen LogP contribution in [-0.4, -0.2) is 25.5 Å². The molecule has 0 spiro atoms. The average Bonchev–Trinajstić information content (AvgIpc) is 2.23. The maximum absolute atomic E-state index is 5.32. The van der Waals surface area contributed by atoms with Crippen molar-refractivity contribution in [3.05, 3.63) is 35.4 Å². The van der Waals surface area contributed by atoms with Gasteiger partial charge in [0.05, 0.1) is 13.2 Å². The van der Waals surface area contributed by atoms with E-state index in [1.54, 1.807) is 0 Å². The van der Waals surface area contributed by atoms with Crippen molar-refractivity contribution in [1.29, 1.82) is 0 Å². The van der Waals surface area contributed by atoms with Crippen LogP contribution >= 0.6 is 11.8 Å². The lowest BCUT2D eigenvalue weighted by Crippen LogP contribution is -2.09. The van der Waals surface area contributed by atoms with E-state index in [2.05, 4.69) is 31.2 Å². The second-order valence-corrected chi connectivity index (χ2v) is 4.55. The zero-order chi connectivity index (χ0) is 10.9. The summed E-state index contributed by atoms with van der Waals surface area (Å²) >= 11 is 1.90. The van der Waals surface area contributed by atoms with Crippen LogP contribution in [0.3, 0.4) is 0 Å². The third-order valence-corrected chi connectivity index (χ3v) is 2.98. The molecule has 84 valence electrons. The van der Waals surface area contributed by atoms with Gasteiger partial charge >= 0.3 is 0 Å². The van der Waals surface area contributed by atoms with Crippen LogP contribution in [0.2, 0.25) is 0 Å². The highest BCUT2D eigenvalue weighted by atomic mass is 32.2. The third-order valence-electron chi connectivity index (χ3n) is 1.99. The first kappa shape index (κ1) is 12.6. The van der Waals surface area contributed by atoms with Gasteiger partial charge in [-0.3, -0.25) is 0 Å². The van der Waals surface area contributed by atoms with Gasteiger partial charge in [-0.25, -0.2) is 0 Å². The van der Waals surface area contributed by atoms with Crippen molar-refractivity contribution >= 4 is 11.8 Å². The van der Waals surface area contributed by atoms with Gasteiger partial charge in [0.15, 0.2) is 0 Å². The third kappa shape index (κ3) is 5.82. The van der Waals surface area contributed by atoms with Crippen LogP contribution in [0, 0.1) is 6.92 Å². The molecule has 0 saturated heterocycles. The Labute approximate surface area is 96.2 Å². The van der Waals surface area contributed by atoms with Gasteiger partial charge in [-0.15, -0.1) is 0 Å². The first-order valence-electron chi connectivity index (χ1n) is 5.24. The highest BCUT2D eigenvalue weighted by Crippen LogP contribution is 2.13. The second-order valence-electron chi connectivity index (χ2n) is 3.44. The van der Waals surface area contributed by atoms with E-state index >= 15 is 0 Å². The summed E-state index contributed by atoms with van der Waals surface area (Å²) in [4.78, 5) is 0. The lowest BCUT2D eigenvalue weighted by atomic mass is 10.2. The summed E-state index contributed by atoms with van der Waals surface area (Å²) < 4.78 is 5.30. The summed E-state index contributed by atoms with van der Waals surface area (Å²) in [5.41, 5.74) is 8.03. The van der Waals surface area contributed by atoms with E-state index in [-0.39, 0.29) is 0 Å². The van der Waals surface area contributed by atoms with Gasteiger partial charge in [0.1, 0.15) is 0 Å². The lowest BCUT2D eigenvalue weighted by Gasteiger charge is -2.03. The predicted molar refractivity (Wildman–Crippen MR) is 67.2 cm³/mol. The van der Waals surface area contributed by atoms with Gasteiger partial charge in [0.2, 0.25) is 0 Å². The molecule has 0 amide bonds. The summed E-state index contributed by atoms with van der Waals surface area (Å²) in [5, 5.41) is 0. The first-order valence-corrected chi connectivity index (χ1v) is 6.39. The molecule has 15 heavy (non-hydrogen) atoms. The molecule has 0 aliphatic heterocycles. The van der Waals surface area contributed by atoms with Crippen LogP contribution in [0.15, 0.2) is 24.3 Å². The second kappa shape index (κ2) is 7.74. The molecular weight excluding hydrogens is 206 g/mol. The molecular formula is C12H19NOS. The summed E-state index contributed by atoms with van der Waals surface area (Å²) in [6, 6.07) is 8.63. The summed E-state index contributed by atoms with van der Waals surface area (Å²) in [6.45, 7) is 4.21. The molecule has 0 aliphatic rings. The number of aryl methyl sites for hydroxylation is 1. The van der Waals surface area contributed by atoms with E-state index < -0.39 is 0 Å². The molecule has 2 N–H and O–H groups in total. The SMILES string of the molecule is Cc1cccc(CSCCOCCN)c1. The van der Waals surface area contributed by atoms with E-state index in [0.717, 1.165) is 18.1 Å². The van der Waals surface area contributed by atoms with Crippen LogP contribution in [-0.2, 0) is 10.5 Å². The van der Waals surface area contributed by atoms with Gasteiger partial charge in [-0.1, -0.05) is 29.8 Å². The van der Waals surface area contributed by atoms with Crippen molar-refractivity contribution < 1.29 is 4.74 Å². The Hall–Kier alpha value is -0.510. The van der Waals surface area contributed by atoms with Crippen LogP contribution < -0.4 is 5.73 Å². The number of rotatable bonds is 7. The van der Waals surface area contributed by atoms with Gasteiger partial charge in [-0.05, 0) is 12.5 Å². The molecule has 0 aliphatic carbocycles. The van der Waals surface area contributed by atoms with Crippen molar-refractivity contribution in [1.82, 2.24) is 0 Å². The van der Waals surface area contributed by atoms with Gasteiger partial charge in [-0.2, -0.15) is 11.8 Å². The van der Waals surface area contributed by atoms with E-state index in [4.69, 9.17) is 10.5 Å². The highest BCUT2D eigenvalue weighted by Gasteiger charge is 1.94. The molecule has 1 rings (SSSR count). The summed E-state index contributed by atoms with van der Waals surface area (Å²) in [6.07, 6.45) is 0. The molecule has 0 atom stereocenters. The van der Waals surface area contributed by atoms with Gasteiger partial charge in [0, 0.05) is 18.1 Å². The molecule has 1 aromatic carbocycles. The minimum atomic E-state index is 0.614.